The molecule has 0 aliphatic carbocycles. The standard InChI is InChI=1S/C67H79NO20Si/c1-41-55(78-36-47-25-15-10-16-26-47)59(79-37-48-27-17-11-18-28-48)61(80-38-49-29-19-12-20-30-49)66(81-41)88-58-54(68-63(73)50-31-21-22-32-51(50)64(68)74)65(76-33-34-89(6,7)8)85-52(39-75-35-46-23-13-9-14-24-46)56(58)87-67-62(84-45(5)72)60(83-44(4)71)57(82-43(3)70)53(86-67)40-77-42(2)69/h9-32,41,52-62,65-67H,33-40H2,1-8H3/t41-,52+,53+,54+,55+,56+,57-,58+,59+,60-,61-,62+,65+,66-,67-/m0/s1. The molecule has 3 fully saturated rings. The van der Waals surface area contributed by atoms with Crippen molar-refractivity contribution in [2.45, 2.75) is 179 Å². The van der Waals surface area contributed by atoms with E-state index >= 15 is 9.59 Å². The van der Waals surface area contributed by atoms with Crippen molar-refractivity contribution in [3.05, 3.63) is 179 Å². The molecule has 4 aliphatic rings. The lowest BCUT2D eigenvalue weighted by molar-refractivity contribution is -0.382. The van der Waals surface area contributed by atoms with Gasteiger partial charge < -0.3 is 66.3 Å². The molecule has 5 aromatic rings. The minimum atomic E-state index is -1.88. The number of amides is 2. The van der Waals surface area contributed by atoms with Crippen molar-refractivity contribution >= 4 is 43.8 Å². The minimum absolute atomic E-state index is 0.0123. The summed E-state index contributed by atoms with van der Waals surface area (Å²) < 4.78 is 92.9. The lowest BCUT2D eigenvalue weighted by Gasteiger charge is -2.52. The number of hydrogen-bond acceptors (Lipinski definition) is 20. The third-order valence-electron chi connectivity index (χ3n) is 15.4. The average Bonchev–Trinajstić information content (AvgIpc) is 1.81. The highest BCUT2D eigenvalue weighted by atomic mass is 28.3. The molecule has 15 atom stereocenters. The van der Waals surface area contributed by atoms with Crippen LogP contribution in [0.2, 0.25) is 25.7 Å². The van der Waals surface area contributed by atoms with Crippen LogP contribution in [0.1, 0.15) is 77.6 Å². The Labute approximate surface area is 519 Å². The van der Waals surface area contributed by atoms with Crippen molar-refractivity contribution < 1.29 is 95.1 Å². The van der Waals surface area contributed by atoms with Gasteiger partial charge in [-0.25, -0.2) is 0 Å². The van der Waals surface area contributed by atoms with Crippen LogP contribution in [0.15, 0.2) is 146 Å². The number of esters is 4. The van der Waals surface area contributed by atoms with Crippen LogP contribution in [0, 0.1) is 0 Å². The van der Waals surface area contributed by atoms with Gasteiger partial charge in [-0.3, -0.25) is 33.7 Å². The van der Waals surface area contributed by atoms with Gasteiger partial charge in [0, 0.05) is 42.4 Å². The van der Waals surface area contributed by atoms with Crippen LogP contribution < -0.4 is 0 Å². The van der Waals surface area contributed by atoms with E-state index in [0.29, 0.717) is 6.04 Å². The van der Waals surface area contributed by atoms with Gasteiger partial charge in [-0.05, 0) is 47.4 Å². The Bertz CT molecular complexity index is 3100. The first-order chi connectivity index (χ1) is 42.8. The fourth-order valence-corrected chi connectivity index (χ4v) is 11.9. The van der Waals surface area contributed by atoms with E-state index in [4.69, 9.17) is 66.3 Å². The molecule has 0 saturated carbocycles. The first-order valence-corrected chi connectivity index (χ1v) is 33.6. The summed E-state index contributed by atoms with van der Waals surface area (Å²) >= 11 is 0. The number of benzene rings is 5. The van der Waals surface area contributed by atoms with E-state index in [2.05, 4.69) is 19.6 Å². The molecule has 0 aromatic heterocycles. The summed E-state index contributed by atoms with van der Waals surface area (Å²) in [5.41, 5.74) is 3.52. The molecule has 0 unspecified atom stereocenters. The first-order valence-electron chi connectivity index (χ1n) is 29.9. The number of nitrogens with zero attached hydrogens (tertiary/aromatic N) is 1. The quantitative estimate of drug-likeness (QED) is 0.0208. The summed E-state index contributed by atoms with van der Waals surface area (Å²) in [6, 6.07) is 43.5. The Morgan fingerprint density at radius 2 is 0.865 bits per heavy atom. The zero-order valence-corrected chi connectivity index (χ0v) is 52.3. The first kappa shape index (κ1) is 66.4. The molecule has 4 heterocycles. The fourth-order valence-electron chi connectivity index (χ4n) is 11.2. The number of fused-ring (bicyclic) bond motifs is 1. The molecule has 0 radical (unpaired) electrons. The Balaban J connectivity index is 1.23. The minimum Gasteiger partial charge on any atom is -0.463 e. The molecule has 9 rings (SSSR count). The van der Waals surface area contributed by atoms with Crippen LogP contribution >= 0.6 is 0 Å². The van der Waals surface area contributed by atoms with Gasteiger partial charge in [0.05, 0.1) is 50.3 Å². The predicted molar refractivity (Wildman–Crippen MR) is 321 cm³/mol. The van der Waals surface area contributed by atoms with Crippen molar-refractivity contribution in [3.8, 4) is 0 Å². The van der Waals surface area contributed by atoms with Gasteiger partial charge in [-0.1, -0.05) is 153 Å². The van der Waals surface area contributed by atoms with Gasteiger partial charge in [-0.15, -0.1) is 0 Å². The normalized spacial score (nSPS) is 27.7. The second-order valence-corrected chi connectivity index (χ2v) is 29.1. The fraction of sp³-hybridized carbons (Fsp3) is 0.463. The number of rotatable bonds is 27. The topological polar surface area (TPSA) is 235 Å². The van der Waals surface area contributed by atoms with E-state index in [1.165, 1.54) is 0 Å². The summed E-state index contributed by atoms with van der Waals surface area (Å²) in [6.45, 7) is 12.4. The third-order valence-corrected chi connectivity index (χ3v) is 17.1. The van der Waals surface area contributed by atoms with Crippen LogP contribution in [0.25, 0.3) is 0 Å². The summed E-state index contributed by atoms with van der Waals surface area (Å²) in [6.07, 6.45) is -19.6. The van der Waals surface area contributed by atoms with E-state index in [1.807, 2.05) is 128 Å². The van der Waals surface area contributed by atoms with Gasteiger partial charge in [0.25, 0.3) is 11.8 Å². The van der Waals surface area contributed by atoms with Gasteiger partial charge in [0.1, 0.15) is 55.4 Å². The number of imide groups is 1. The van der Waals surface area contributed by atoms with Crippen molar-refractivity contribution in [3.63, 3.8) is 0 Å². The molecule has 89 heavy (non-hydrogen) atoms. The Morgan fingerprint density at radius 3 is 1.37 bits per heavy atom. The van der Waals surface area contributed by atoms with Gasteiger partial charge >= 0.3 is 23.9 Å². The highest BCUT2D eigenvalue weighted by Gasteiger charge is 2.61. The largest absolute Gasteiger partial charge is 0.463 e. The monoisotopic (exact) mass is 1250 g/mol. The average molecular weight is 1250 g/mol. The summed E-state index contributed by atoms with van der Waals surface area (Å²) in [5, 5.41) is 0. The molecule has 0 spiro atoms. The Morgan fingerprint density at radius 1 is 0.438 bits per heavy atom. The van der Waals surface area contributed by atoms with Gasteiger partial charge in [0.15, 0.2) is 37.2 Å². The van der Waals surface area contributed by atoms with E-state index in [9.17, 15) is 19.2 Å². The molecule has 22 heteroatoms. The SMILES string of the molecule is CC(=O)OC[C@H]1O[C@@H](O[C@H]2[C@H](O[C@@H]3O[C@@H](C)[C@@H](OCc4ccccc4)[C@@H](OCc4ccccc4)[C@@H]3OCc3ccccc3)[C@@H](N3C(=O)c4ccccc4C3=O)[C@H](OCC[Si](C)(C)C)O[C@@H]2COCc2ccccc2)[C@H](OC(C)=O)[C@@H](OC(C)=O)[C@H]1OC(C)=O. The van der Waals surface area contributed by atoms with E-state index in [0.717, 1.165) is 54.8 Å². The van der Waals surface area contributed by atoms with Crippen molar-refractivity contribution in [1.82, 2.24) is 4.90 Å². The lowest BCUT2D eigenvalue weighted by Crippen LogP contribution is -2.71. The molecule has 4 aliphatic heterocycles. The highest BCUT2D eigenvalue weighted by molar-refractivity contribution is 6.76. The van der Waals surface area contributed by atoms with Crippen molar-refractivity contribution in [2.24, 2.45) is 0 Å². The van der Waals surface area contributed by atoms with Crippen LogP contribution in [0.5, 0.6) is 0 Å². The molecule has 5 aromatic carbocycles. The molecule has 476 valence electrons. The van der Waals surface area contributed by atoms with Crippen molar-refractivity contribution in [2.75, 3.05) is 19.8 Å². The van der Waals surface area contributed by atoms with Crippen molar-refractivity contribution in [1.29, 1.82) is 0 Å². The lowest BCUT2D eigenvalue weighted by atomic mass is 9.93. The molecule has 0 N–H and O–H groups in total. The Kier molecular flexibility index (Phi) is 23.2. The predicted octanol–water partition coefficient (Wildman–Crippen LogP) is 8.30. The zero-order chi connectivity index (χ0) is 63.2. The zero-order valence-electron chi connectivity index (χ0n) is 51.3. The van der Waals surface area contributed by atoms with E-state index < -0.39 is 142 Å². The maximum Gasteiger partial charge on any atom is 0.303 e. The van der Waals surface area contributed by atoms with Gasteiger partial charge in [-0.2, -0.15) is 0 Å². The molecular weight excluding hydrogens is 1170 g/mol. The third kappa shape index (κ3) is 17.7. The van der Waals surface area contributed by atoms with Crippen LogP contribution in [-0.2, 0) is 112 Å². The summed E-state index contributed by atoms with van der Waals surface area (Å²) in [4.78, 5) is 83.6. The van der Waals surface area contributed by atoms with E-state index in [-0.39, 0.29) is 50.8 Å². The molecule has 0 bridgehead atoms. The molecule has 3 saturated heterocycles. The molecule has 2 amide bonds. The second-order valence-electron chi connectivity index (χ2n) is 23.5. The van der Waals surface area contributed by atoms with Crippen LogP contribution in [0.4, 0.5) is 0 Å². The maximum atomic E-state index is 15.3. The Hall–Kier alpha value is -7.06. The number of ether oxygens (including phenoxy) is 14. The maximum absolute atomic E-state index is 15.3. The number of carbonyl (C=O) groups is 6. The number of hydrogen-bond donors (Lipinski definition) is 0. The van der Waals surface area contributed by atoms with E-state index in [1.54, 1.807) is 24.3 Å². The number of carbonyl (C=O) groups excluding carboxylic acids is 6. The smallest absolute Gasteiger partial charge is 0.303 e. The summed E-state index contributed by atoms with van der Waals surface area (Å²) in [7, 11) is -1.88. The highest BCUT2D eigenvalue weighted by Crippen LogP contribution is 2.41. The van der Waals surface area contributed by atoms with Crippen LogP contribution in [-0.4, -0.2) is 161 Å². The summed E-state index contributed by atoms with van der Waals surface area (Å²) in [5.74, 6) is -4.77. The van der Waals surface area contributed by atoms with Gasteiger partial charge in [0.2, 0.25) is 0 Å². The second kappa shape index (κ2) is 31.1. The molecular formula is C67H79NO20Si. The van der Waals surface area contributed by atoms with Crippen LogP contribution in [0.3, 0.4) is 0 Å². The molecule has 21 nitrogen and oxygen atoms in total.